The van der Waals surface area contributed by atoms with Crippen LogP contribution in [0.3, 0.4) is 0 Å². The molecule has 2 aliphatic heterocycles. The first-order chi connectivity index (χ1) is 10.7. The molecule has 116 valence electrons. The maximum Gasteiger partial charge on any atom is 0.0929 e. The molecule has 2 heterocycles. The Morgan fingerprint density at radius 2 is 2.23 bits per heavy atom. The Morgan fingerprint density at radius 3 is 3.09 bits per heavy atom. The predicted octanol–water partition coefficient (Wildman–Crippen LogP) is 4.73. The van der Waals surface area contributed by atoms with Crippen LogP contribution in [-0.4, -0.2) is 17.8 Å². The number of rotatable bonds is 1. The Labute approximate surface area is 139 Å². The third kappa shape index (κ3) is 2.48. The number of hydrogen-bond donors (Lipinski definition) is 2. The highest BCUT2D eigenvalue weighted by Crippen LogP contribution is 2.47. The fourth-order valence-corrected chi connectivity index (χ4v) is 4.42. The minimum Gasteiger partial charge on any atom is -0.512 e. The van der Waals surface area contributed by atoms with E-state index in [0.717, 1.165) is 17.5 Å². The van der Waals surface area contributed by atoms with Gasteiger partial charge in [0.25, 0.3) is 0 Å². The van der Waals surface area contributed by atoms with Gasteiger partial charge in [0.1, 0.15) is 0 Å². The van der Waals surface area contributed by atoms with Gasteiger partial charge in [-0.1, -0.05) is 28.1 Å². The average molecular weight is 362 g/mol. The van der Waals surface area contributed by atoms with Crippen molar-refractivity contribution in [1.29, 1.82) is 0 Å². The molecule has 3 aliphatic rings. The van der Waals surface area contributed by atoms with Gasteiger partial charge in [0.05, 0.1) is 11.9 Å². The van der Waals surface area contributed by atoms with Crippen LogP contribution in [0.5, 0.6) is 0 Å². The van der Waals surface area contributed by atoms with Gasteiger partial charge >= 0.3 is 0 Å². The number of ether oxygens (including phenoxy) is 1. The minimum atomic E-state index is 0.161. The minimum absolute atomic E-state index is 0.161. The van der Waals surface area contributed by atoms with Gasteiger partial charge in [-0.3, -0.25) is 0 Å². The number of allylic oxidation sites excluding steroid dienone is 3. The second kappa shape index (κ2) is 5.74. The predicted molar refractivity (Wildman–Crippen MR) is 90.9 cm³/mol. The van der Waals surface area contributed by atoms with E-state index in [9.17, 15) is 5.11 Å². The van der Waals surface area contributed by atoms with Gasteiger partial charge < -0.3 is 15.2 Å². The SMILES string of the molecule is OC1=CC=CC([C@@H]2Nc3ccc(Br)cc3[C@H]3OCCC[C@H]32)C1. The second-order valence-electron chi connectivity index (χ2n) is 6.41. The molecule has 1 aromatic carbocycles. The van der Waals surface area contributed by atoms with Gasteiger partial charge in [0.2, 0.25) is 0 Å². The molecule has 3 nitrogen and oxygen atoms in total. The van der Waals surface area contributed by atoms with Crippen molar-refractivity contribution in [3.63, 3.8) is 0 Å². The number of aliphatic hydroxyl groups excluding tert-OH is 1. The van der Waals surface area contributed by atoms with Crippen molar-refractivity contribution >= 4 is 21.6 Å². The molecule has 1 fully saturated rings. The summed E-state index contributed by atoms with van der Waals surface area (Å²) in [6, 6.07) is 6.68. The zero-order valence-electron chi connectivity index (χ0n) is 12.3. The molecule has 0 aromatic heterocycles. The van der Waals surface area contributed by atoms with Crippen molar-refractivity contribution in [3.05, 3.63) is 52.2 Å². The van der Waals surface area contributed by atoms with E-state index in [1.165, 1.54) is 17.7 Å². The fraction of sp³-hybridized carbons (Fsp3) is 0.444. The highest BCUT2D eigenvalue weighted by atomic mass is 79.9. The standard InChI is InChI=1S/C18H20BrNO2/c19-12-6-7-16-15(10-12)18-14(5-2-8-22-18)17(20-16)11-3-1-4-13(21)9-11/h1,3-4,6-7,10-11,14,17-18,20-21H,2,5,8-9H2/t11?,14-,17-,18-/m0/s1. The van der Waals surface area contributed by atoms with E-state index in [2.05, 4.69) is 45.5 Å². The molecule has 1 saturated heterocycles. The van der Waals surface area contributed by atoms with E-state index in [0.29, 0.717) is 30.1 Å². The molecule has 1 aliphatic carbocycles. The molecule has 0 bridgehead atoms. The van der Waals surface area contributed by atoms with Crippen molar-refractivity contribution in [3.8, 4) is 0 Å². The van der Waals surface area contributed by atoms with Crippen LogP contribution >= 0.6 is 15.9 Å². The Kier molecular flexibility index (Phi) is 3.74. The van der Waals surface area contributed by atoms with Gasteiger partial charge in [0.15, 0.2) is 0 Å². The summed E-state index contributed by atoms with van der Waals surface area (Å²) in [5.41, 5.74) is 2.42. The molecule has 0 spiro atoms. The van der Waals surface area contributed by atoms with Gasteiger partial charge in [-0.15, -0.1) is 0 Å². The molecule has 4 heteroatoms. The lowest BCUT2D eigenvalue weighted by Crippen LogP contribution is -2.45. The molecular weight excluding hydrogens is 342 g/mol. The lowest BCUT2D eigenvalue weighted by atomic mass is 9.73. The summed E-state index contributed by atoms with van der Waals surface area (Å²) in [6.45, 7) is 0.839. The Balaban J connectivity index is 1.70. The zero-order valence-corrected chi connectivity index (χ0v) is 13.9. The third-order valence-corrected chi connectivity index (χ3v) is 5.52. The molecule has 1 unspecified atom stereocenters. The number of fused-ring (bicyclic) bond motifs is 3. The highest BCUT2D eigenvalue weighted by molar-refractivity contribution is 9.10. The van der Waals surface area contributed by atoms with Crippen LogP contribution in [0, 0.1) is 11.8 Å². The van der Waals surface area contributed by atoms with Crippen molar-refractivity contribution in [2.24, 2.45) is 11.8 Å². The molecule has 0 radical (unpaired) electrons. The van der Waals surface area contributed by atoms with E-state index >= 15 is 0 Å². The first kappa shape index (κ1) is 14.3. The number of benzene rings is 1. The summed E-state index contributed by atoms with van der Waals surface area (Å²) in [7, 11) is 0. The number of aliphatic hydroxyl groups is 1. The van der Waals surface area contributed by atoms with E-state index in [-0.39, 0.29) is 6.10 Å². The molecule has 4 atom stereocenters. The van der Waals surface area contributed by atoms with Crippen LogP contribution in [0.4, 0.5) is 5.69 Å². The van der Waals surface area contributed by atoms with E-state index in [4.69, 9.17) is 4.74 Å². The van der Waals surface area contributed by atoms with E-state index < -0.39 is 0 Å². The highest BCUT2D eigenvalue weighted by Gasteiger charge is 2.42. The van der Waals surface area contributed by atoms with E-state index in [1.807, 2.05) is 6.08 Å². The normalized spacial score (nSPS) is 33.4. The van der Waals surface area contributed by atoms with Crippen LogP contribution in [0.1, 0.15) is 30.9 Å². The molecule has 0 saturated carbocycles. The van der Waals surface area contributed by atoms with Crippen molar-refractivity contribution in [1.82, 2.24) is 0 Å². The summed E-state index contributed by atoms with van der Waals surface area (Å²) in [6.07, 6.45) is 9.13. The zero-order chi connectivity index (χ0) is 15.1. The Morgan fingerprint density at radius 1 is 1.32 bits per heavy atom. The quantitative estimate of drug-likeness (QED) is 0.759. The Bertz CT molecular complexity index is 640. The summed E-state index contributed by atoms with van der Waals surface area (Å²) < 4.78 is 7.24. The van der Waals surface area contributed by atoms with Crippen LogP contribution < -0.4 is 5.32 Å². The van der Waals surface area contributed by atoms with Crippen molar-refractivity contribution in [2.45, 2.75) is 31.4 Å². The average Bonchev–Trinajstić information content (AvgIpc) is 2.54. The molecule has 1 aromatic rings. The molecule has 4 rings (SSSR count). The molecule has 2 N–H and O–H groups in total. The monoisotopic (exact) mass is 361 g/mol. The first-order valence-corrected chi connectivity index (χ1v) is 8.75. The smallest absolute Gasteiger partial charge is 0.0929 e. The maximum atomic E-state index is 9.88. The summed E-state index contributed by atoms with van der Waals surface area (Å²) in [4.78, 5) is 0. The van der Waals surface area contributed by atoms with Crippen LogP contribution in [0.15, 0.2) is 46.7 Å². The number of hydrogen-bond acceptors (Lipinski definition) is 3. The second-order valence-corrected chi connectivity index (χ2v) is 7.33. The summed E-state index contributed by atoms with van der Waals surface area (Å²) in [5.74, 6) is 1.25. The van der Waals surface area contributed by atoms with Gasteiger partial charge in [-0.2, -0.15) is 0 Å². The van der Waals surface area contributed by atoms with Crippen molar-refractivity contribution in [2.75, 3.05) is 11.9 Å². The number of halogens is 1. The van der Waals surface area contributed by atoms with Crippen LogP contribution in [0.25, 0.3) is 0 Å². The largest absolute Gasteiger partial charge is 0.512 e. The number of anilines is 1. The summed E-state index contributed by atoms with van der Waals surface area (Å²) >= 11 is 3.57. The van der Waals surface area contributed by atoms with Gasteiger partial charge in [-0.25, -0.2) is 0 Å². The number of nitrogens with one attached hydrogen (secondary N) is 1. The van der Waals surface area contributed by atoms with Crippen LogP contribution in [0.2, 0.25) is 0 Å². The molecule has 0 amide bonds. The third-order valence-electron chi connectivity index (χ3n) is 5.02. The fourth-order valence-electron chi connectivity index (χ4n) is 4.04. The van der Waals surface area contributed by atoms with Crippen molar-refractivity contribution < 1.29 is 9.84 Å². The topological polar surface area (TPSA) is 41.5 Å². The van der Waals surface area contributed by atoms with Gasteiger partial charge in [0, 0.05) is 46.6 Å². The van der Waals surface area contributed by atoms with E-state index in [1.54, 1.807) is 6.08 Å². The summed E-state index contributed by atoms with van der Waals surface area (Å²) in [5, 5.41) is 13.6. The molecule has 22 heavy (non-hydrogen) atoms. The Hall–Kier alpha value is -1.26. The lowest BCUT2D eigenvalue weighted by Gasteiger charge is -2.45. The van der Waals surface area contributed by atoms with Crippen LogP contribution in [-0.2, 0) is 4.74 Å². The maximum absolute atomic E-state index is 9.88. The first-order valence-electron chi connectivity index (χ1n) is 7.96. The molecular formula is C18H20BrNO2. The van der Waals surface area contributed by atoms with Gasteiger partial charge in [-0.05, 0) is 37.1 Å². The lowest BCUT2D eigenvalue weighted by molar-refractivity contribution is -0.0422.